The Balaban J connectivity index is 1.59. The average molecular weight is 261 g/mol. The fourth-order valence-electron chi connectivity index (χ4n) is 3.32. The van der Waals surface area contributed by atoms with Crippen LogP contribution in [0.25, 0.3) is 0 Å². The van der Waals surface area contributed by atoms with Gasteiger partial charge < -0.3 is 14.8 Å². The topological polar surface area (TPSA) is 30.5 Å². The highest BCUT2D eigenvalue weighted by Crippen LogP contribution is 2.67. The quantitative estimate of drug-likeness (QED) is 0.903. The van der Waals surface area contributed by atoms with E-state index in [9.17, 15) is 0 Å². The van der Waals surface area contributed by atoms with Crippen LogP contribution in [0.1, 0.15) is 33.3 Å². The zero-order valence-electron chi connectivity index (χ0n) is 12.2. The van der Waals surface area contributed by atoms with Gasteiger partial charge in [0.2, 0.25) is 6.79 Å². The Morgan fingerprint density at radius 2 is 1.89 bits per heavy atom. The van der Waals surface area contributed by atoms with Gasteiger partial charge in [-0.05, 0) is 29.4 Å². The second-order valence-corrected chi connectivity index (χ2v) is 6.78. The van der Waals surface area contributed by atoms with Crippen LogP contribution in [0.5, 0.6) is 11.5 Å². The van der Waals surface area contributed by atoms with E-state index in [0.717, 1.165) is 30.5 Å². The van der Waals surface area contributed by atoms with Gasteiger partial charge in [0, 0.05) is 12.1 Å². The van der Waals surface area contributed by atoms with Crippen LogP contribution < -0.4 is 14.8 Å². The molecule has 1 aromatic rings. The summed E-state index contributed by atoms with van der Waals surface area (Å²) >= 11 is 0. The highest BCUT2D eigenvalue weighted by Gasteiger charge is 2.63. The van der Waals surface area contributed by atoms with Crippen molar-refractivity contribution in [2.75, 3.05) is 13.3 Å². The van der Waals surface area contributed by atoms with Crippen LogP contribution in [0, 0.1) is 16.7 Å². The molecule has 1 aromatic carbocycles. The van der Waals surface area contributed by atoms with Gasteiger partial charge in [0.25, 0.3) is 0 Å². The van der Waals surface area contributed by atoms with E-state index in [1.54, 1.807) is 0 Å². The average Bonchev–Trinajstić information content (AvgIpc) is 2.75. The largest absolute Gasteiger partial charge is 0.454 e. The Morgan fingerprint density at radius 3 is 2.58 bits per heavy atom. The first-order chi connectivity index (χ1) is 8.94. The van der Waals surface area contributed by atoms with Crippen molar-refractivity contribution in [3.8, 4) is 11.5 Å². The first-order valence-corrected chi connectivity index (χ1v) is 7.03. The second kappa shape index (κ2) is 4.14. The van der Waals surface area contributed by atoms with E-state index in [4.69, 9.17) is 9.47 Å². The lowest BCUT2D eigenvalue weighted by Crippen LogP contribution is -2.19. The summed E-state index contributed by atoms with van der Waals surface area (Å²) in [6.07, 6.45) is 0. The highest BCUT2D eigenvalue weighted by molar-refractivity contribution is 5.48. The Bertz CT molecular complexity index is 480. The van der Waals surface area contributed by atoms with Crippen LogP contribution in [0.2, 0.25) is 0 Å². The molecule has 1 N–H and O–H groups in total. The molecule has 1 fully saturated rings. The number of benzene rings is 1. The molecule has 0 radical (unpaired) electrons. The van der Waals surface area contributed by atoms with Crippen molar-refractivity contribution < 1.29 is 9.47 Å². The lowest BCUT2D eigenvalue weighted by atomic mass is 10.0. The van der Waals surface area contributed by atoms with Crippen LogP contribution in [-0.4, -0.2) is 13.3 Å². The molecule has 0 spiro atoms. The molecule has 1 aliphatic carbocycles. The molecule has 3 nitrogen and oxygen atoms in total. The molecular formula is C16H23NO2. The molecule has 19 heavy (non-hydrogen) atoms. The molecule has 0 saturated heterocycles. The van der Waals surface area contributed by atoms with Gasteiger partial charge in [-0.2, -0.15) is 0 Å². The van der Waals surface area contributed by atoms with Gasteiger partial charge >= 0.3 is 0 Å². The number of ether oxygens (including phenoxy) is 2. The van der Waals surface area contributed by atoms with Crippen molar-refractivity contribution >= 4 is 0 Å². The summed E-state index contributed by atoms with van der Waals surface area (Å²) in [6.45, 7) is 11.7. The molecule has 3 heteroatoms. The Hall–Kier alpha value is -1.22. The van der Waals surface area contributed by atoms with Crippen molar-refractivity contribution in [2.24, 2.45) is 16.7 Å². The molecule has 0 amide bonds. The van der Waals surface area contributed by atoms with E-state index in [1.807, 2.05) is 12.1 Å². The van der Waals surface area contributed by atoms with Gasteiger partial charge in [0.05, 0.1) is 0 Å². The molecule has 1 aliphatic heterocycles. The lowest BCUT2D eigenvalue weighted by Gasteiger charge is -2.08. The van der Waals surface area contributed by atoms with Crippen molar-refractivity contribution in [1.29, 1.82) is 0 Å². The maximum absolute atomic E-state index is 5.52. The first-order valence-electron chi connectivity index (χ1n) is 7.03. The summed E-state index contributed by atoms with van der Waals surface area (Å²) in [7, 11) is 0. The summed E-state index contributed by atoms with van der Waals surface area (Å²) < 4.78 is 10.9. The standard InChI is InChI=1S/C16H23NO2/c1-15(2)13(16(15,3)4)9-17-8-11-6-5-7-12-14(11)19-10-18-12/h5-7,13,17H,8-10H2,1-4H3. The maximum Gasteiger partial charge on any atom is 0.231 e. The number of nitrogens with one attached hydrogen (secondary N) is 1. The molecule has 1 heterocycles. The molecule has 0 unspecified atom stereocenters. The molecule has 0 bridgehead atoms. The minimum atomic E-state index is 0.342. The molecule has 3 rings (SSSR count). The van der Waals surface area contributed by atoms with Crippen LogP contribution in [0.3, 0.4) is 0 Å². The van der Waals surface area contributed by atoms with E-state index in [1.165, 1.54) is 5.56 Å². The molecular weight excluding hydrogens is 238 g/mol. The number of hydrogen-bond donors (Lipinski definition) is 1. The zero-order valence-corrected chi connectivity index (χ0v) is 12.2. The Kier molecular flexibility index (Phi) is 2.79. The van der Waals surface area contributed by atoms with Crippen LogP contribution in [0.15, 0.2) is 18.2 Å². The normalized spacial score (nSPS) is 22.5. The van der Waals surface area contributed by atoms with E-state index in [2.05, 4.69) is 39.1 Å². The smallest absolute Gasteiger partial charge is 0.231 e. The molecule has 1 saturated carbocycles. The van der Waals surface area contributed by atoms with Gasteiger partial charge in [-0.1, -0.05) is 39.8 Å². The molecule has 2 aliphatic rings. The van der Waals surface area contributed by atoms with Crippen LogP contribution in [-0.2, 0) is 6.54 Å². The third-order valence-electron chi connectivity index (χ3n) is 5.46. The van der Waals surface area contributed by atoms with Crippen molar-refractivity contribution in [2.45, 2.75) is 34.2 Å². The van der Waals surface area contributed by atoms with Crippen molar-refractivity contribution in [3.05, 3.63) is 23.8 Å². The Morgan fingerprint density at radius 1 is 1.16 bits per heavy atom. The van der Waals surface area contributed by atoms with Gasteiger partial charge in [0.15, 0.2) is 11.5 Å². The minimum absolute atomic E-state index is 0.342. The zero-order chi connectivity index (χ0) is 13.7. The van der Waals surface area contributed by atoms with Crippen LogP contribution in [0.4, 0.5) is 0 Å². The Labute approximate surface area is 115 Å². The highest BCUT2D eigenvalue weighted by atomic mass is 16.7. The SMILES string of the molecule is CC1(C)C(CNCc2cccc3c2OCO3)C1(C)C. The monoisotopic (exact) mass is 261 g/mol. The molecule has 0 atom stereocenters. The summed E-state index contributed by atoms with van der Waals surface area (Å²) in [5, 5.41) is 3.57. The van der Waals surface area contributed by atoms with E-state index < -0.39 is 0 Å². The number of rotatable bonds is 4. The maximum atomic E-state index is 5.52. The number of para-hydroxylation sites is 1. The second-order valence-electron chi connectivity index (χ2n) is 6.78. The van der Waals surface area contributed by atoms with Crippen molar-refractivity contribution in [3.63, 3.8) is 0 Å². The summed E-state index contributed by atoms with van der Waals surface area (Å²) in [5.41, 5.74) is 2.07. The fourth-order valence-corrected chi connectivity index (χ4v) is 3.32. The van der Waals surface area contributed by atoms with Gasteiger partial charge in [-0.15, -0.1) is 0 Å². The van der Waals surface area contributed by atoms with Crippen LogP contribution >= 0.6 is 0 Å². The molecule has 0 aromatic heterocycles. The summed E-state index contributed by atoms with van der Waals surface area (Å²) in [4.78, 5) is 0. The third-order valence-corrected chi connectivity index (χ3v) is 5.46. The summed E-state index contributed by atoms with van der Waals surface area (Å²) in [5.74, 6) is 2.52. The van der Waals surface area contributed by atoms with E-state index in [-0.39, 0.29) is 0 Å². The fraction of sp³-hybridized carbons (Fsp3) is 0.625. The first kappa shape index (κ1) is 12.8. The van der Waals surface area contributed by atoms with E-state index in [0.29, 0.717) is 17.6 Å². The predicted molar refractivity (Wildman–Crippen MR) is 75.3 cm³/mol. The number of fused-ring (bicyclic) bond motifs is 1. The number of hydrogen-bond acceptors (Lipinski definition) is 3. The lowest BCUT2D eigenvalue weighted by molar-refractivity contribution is 0.173. The van der Waals surface area contributed by atoms with Gasteiger partial charge in [-0.3, -0.25) is 0 Å². The van der Waals surface area contributed by atoms with Gasteiger partial charge in [-0.25, -0.2) is 0 Å². The summed E-state index contributed by atoms with van der Waals surface area (Å²) in [6, 6.07) is 6.08. The van der Waals surface area contributed by atoms with Crippen molar-refractivity contribution in [1.82, 2.24) is 5.32 Å². The van der Waals surface area contributed by atoms with Gasteiger partial charge in [0.1, 0.15) is 0 Å². The predicted octanol–water partition coefficient (Wildman–Crippen LogP) is 3.19. The molecule has 104 valence electrons. The van der Waals surface area contributed by atoms with E-state index >= 15 is 0 Å². The minimum Gasteiger partial charge on any atom is -0.454 e. The third kappa shape index (κ3) is 1.91.